The quantitative estimate of drug-likeness (QED) is 0.269. The smallest absolute Gasteiger partial charge is 0.338 e. The molecule has 0 spiro atoms. The van der Waals surface area contributed by atoms with Gasteiger partial charge < -0.3 is 14.2 Å². The van der Waals surface area contributed by atoms with Gasteiger partial charge >= 0.3 is 12.0 Å². The number of esters is 1. The molecule has 3 aromatic rings. The standard InChI is InChI=1S/C29H26N2O7/c1-4-37-28(34)21-10-12-22(13-11-21)31-27(33)23(26(32)30-29(31)35)15-20-9-14-24(25(16-20)36-3)38-17-19-7-5-18(2)6-8-19/h5-16H,4,17H2,1-3H3,(H,30,32,35)/b23-15+. The van der Waals surface area contributed by atoms with Crippen LogP contribution in [0.3, 0.4) is 0 Å². The molecule has 1 fully saturated rings. The lowest BCUT2D eigenvalue weighted by Crippen LogP contribution is -2.54. The largest absolute Gasteiger partial charge is 0.493 e. The summed E-state index contributed by atoms with van der Waals surface area (Å²) >= 11 is 0. The van der Waals surface area contributed by atoms with E-state index in [1.165, 1.54) is 37.5 Å². The number of hydrogen-bond acceptors (Lipinski definition) is 7. The van der Waals surface area contributed by atoms with Crippen molar-refractivity contribution in [2.24, 2.45) is 0 Å². The molecule has 0 saturated carbocycles. The van der Waals surface area contributed by atoms with E-state index in [1.54, 1.807) is 25.1 Å². The number of imide groups is 2. The fourth-order valence-corrected chi connectivity index (χ4v) is 3.76. The zero-order valence-corrected chi connectivity index (χ0v) is 21.1. The molecule has 4 amide bonds. The average Bonchev–Trinajstić information content (AvgIpc) is 2.91. The zero-order valence-electron chi connectivity index (χ0n) is 21.1. The van der Waals surface area contributed by atoms with Crippen LogP contribution in [0.5, 0.6) is 11.5 Å². The van der Waals surface area contributed by atoms with E-state index >= 15 is 0 Å². The van der Waals surface area contributed by atoms with Gasteiger partial charge in [0.25, 0.3) is 11.8 Å². The maximum absolute atomic E-state index is 13.2. The highest BCUT2D eigenvalue weighted by molar-refractivity contribution is 6.39. The van der Waals surface area contributed by atoms with E-state index in [4.69, 9.17) is 14.2 Å². The third-order valence-corrected chi connectivity index (χ3v) is 5.75. The zero-order chi connectivity index (χ0) is 27.2. The monoisotopic (exact) mass is 514 g/mol. The average molecular weight is 515 g/mol. The molecule has 3 aromatic carbocycles. The number of hydrogen-bond donors (Lipinski definition) is 1. The third kappa shape index (κ3) is 5.73. The van der Waals surface area contributed by atoms with Gasteiger partial charge in [-0.05, 0) is 67.4 Å². The Bertz CT molecular complexity index is 1410. The first-order valence-electron chi connectivity index (χ1n) is 11.9. The van der Waals surface area contributed by atoms with Gasteiger partial charge in [-0.2, -0.15) is 0 Å². The first-order valence-corrected chi connectivity index (χ1v) is 11.9. The molecule has 194 valence electrons. The minimum absolute atomic E-state index is 0.191. The Morgan fingerprint density at radius 3 is 2.32 bits per heavy atom. The number of anilines is 1. The van der Waals surface area contributed by atoms with Gasteiger partial charge in [-0.3, -0.25) is 14.9 Å². The molecule has 4 rings (SSSR count). The second kappa shape index (κ2) is 11.4. The van der Waals surface area contributed by atoms with E-state index in [9.17, 15) is 19.2 Å². The number of nitrogens with one attached hydrogen (secondary N) is 1. The van der Waals surface area contributed by atoms with Gasteiger partial charge in [0.05, 0.1) is 25.0 Å². The molecule has 0 aliphatic carbocycles. The maximum Gasteiger partial charge on any atom is 0.338 e. The topological polar surface area (TPSA) is 111 Å². The lowest BCUT2D eigenvalue weighted by atomic mass is 10.1. The summed E-state index contributed by atoms with van der Waals surface area (Å²) in [6, 6.07) is 17.8. The summed E-state index contributed by atoms with van der Waals surface area (Å²) in [5.41, 5.74) is 2.86. The first-order chi connectivity index (χ1) is 18.3. The normalized spacial score (nSPS) is 14.3. The van der Waals surface area contributed by atoms with Gasteiger partial charge in [-0.15, -0.1) is 0 Å². The van der Waals surface area contributed by atoms with Crippen LogP contribution in [0.25, 0.3) is 6.08 Å². The van der Waals surface area contributed by atoms with Crippen LogP contribution in [-0.4, -0.2) is 37.5 Å². The molecule has 1 heterocycles. The summed E-state index contributed by atoms with van der Waals surface area (Å²) in [6.45, 7) is 4.25. The number of aryl methyl sites for hydroxylation is 1. The Balaban J connectivity index is 1.56. The molecule has 1 saturated heterocycles. The first kappa shape index (κ1) is 26.2. The van der Waals surface area contributed by atoms with Gasteiger partial charge in [0.2, 0.25) is 0 Å². The Morgan fingerprint density at radius 2 is 1.66 bits per heavy atom. The molecule has 0 bridgehead atoms. The molecule has 0 aromatic heterocycles. The molecule has 1 aliphatic heterocycles. The number of barbiturate groups is 1. The van der Waals surface area contributed by atoms with Crippen LogP contribution >= 0.6 is 0 Å². The Kier molecular flexibility index (Phi) is 7.86. The van der Waals surface area contributed by atoms with Gasteiger partial charge in [-0.1, -0.05) is 35.9 Å². The van der Waals surface area contributed by atoms with Crippen LogP contribution in [0.2, 0.25) is 0 Å². The highest BCUT2D eigenvalue weighted by Crippen LogP contribution is 2.30. The van der Waals surface area contributed by atoms with Crippen molar-refractivity contribution in [1.82, 2.24) is 5.32 Å². The van der Waals surface area contributed by atoms with Crippen LogP contribution in [0.4, 0.5) is 10.5 Å². The van der Waals surface area contributed by atoms with E-state index in [0.29, 0.717) is 23.7 Å². The van der Waals surface area contributed by atoms with E-state index < -0.39 is 23.8 Å². The van der Waals surface area contributed by atoms with Crippen LogP contribution < -0.4 is 19.7 Å². The third-order valence-electron chi connectivity index (χ3n) is 5.75. The molecule has 38 heavy (non-hydrogen) atoms. The van der Waals surface area contributed by atoms with Gasteiger partial charge in [0.1, 0.15) is 12.2 Å². The van der Waals surface area contributed by atoms with Crippen molar-refractivity contribution in [3.05, 3.63) is 94.6 Å². The van der Waals surface area contributed by atoms with E-state index in [2.05, 4.69) is 5.32 Å². The number of nitrogens with zero attached hydrogens (tertiary/aromatic N) is 1. The number of ether oxygens (including phenoxy) is 3. The fourth-order valence-electron chi connectivity index (χ4n) is 3.76. The van der Waals surface area contributed by atoms with Crippen molar-refractivity contribution in [3.63, 3.8) is 0 Å². The summed E-state index contributed by atoms with van der Waals surface area (Å²) < 4.78 is 16.3. The molecule has 0 unspecified atom stereocenters. The summed E-state index contributed by atoms with van der Waals surface area (Å²) in [6.07, 6.45) is 1.37. The Morgan fingerprint density at radius 1 is 0.947 bits per heavy atom. The summed E-state index contributed by atoms with van der Waals surface area (Å²) in [7, 11) is 1.49. The highest BCUT2D eigenvalue weighted by Gasteiger charge is 2.37. The van der Waals surface area contributed by atoms with Gasteiger partial charge in [-0.25, -0.2) is 14.5 Å². The second-order valence-corrected chi connectivity index (χ2v) is 8.41. The van der Waals surface area contributed by atoms with E-state index in [1.807, 2.05) is 31.2 Å². The minimum Gasteiger partial charge on any atom is -0.493 e. The van der Waals surface area contributed by atoms with Crippen LogP contribution in [0.1, 0.15) is 34.0 Å². The molecular formula is C29H26N2O7. The number of carbonyl (C=O) groups is 4. The maximum atomic E-state index is 13.2. The van der Waals surface area contributed by atoms with Crippen LogP contribution in [0, 0.1) is 6.92 Å². The number of carbonyl (C=O) groups excluding carboxylic acids is 4. The number of amides is 4. The number of rotatable bonds is 8. The van der Waals surface area contributed by atoms with Crippen molar-refractivity contribution >= 4 is 35.6 Å². The van der Waals surface area contributed by atoms with Crippen molar-refractivity contribution in [2.45, 2.75) is 20.5 Å². The number of urea groups is 1. The second-order valence-electron chi connectivity index (χ2n) is 8.41. The predicted octanol–water partition coefficient (Wildman–Crippen LogP) is 4.43. The minimum atomic E-state index is -0.890. The van der Waals surface area contributed by atoms with E-state index in [-0.39, 0.29) is 23.4 Å². The summed E-state index contributed by atoms with van der Waals surface area (Å²) in [4.78, 5) is 51.0. The van der Waals surface area contributed by atoms with Crippen molar-refractivity contribution in [2.75, 3.05) is 18.6 Å². The molecule has 9 nitrogen and oxygen atoms in total. The fraction of sp³-hybridized carbons (Fsp3) is 0.172. The molecule has 0 radical (unpaired) electrons. The summed E-state index contributed by atoms with van der Waals surface area (Å²) in [5, 5.41) is 2.18. The lowest BCUT2D eigenvalue weighted by Gasteiger charge is -2.26. The SMILES string of the molecule is CCOC(=O)c1ccc(N2C(=O)NC(=O)/C(=C\c3ccc(OCc4ccc(C)cc4)c(OC)c3)C2=O)cc1. The van der Waals surface area contributed by atoms with Gasteiger partial charge in [0.15, 0.2) is 11.5 Å². The predicted molar refractivity (Wildman–Crippen MR) is 140 cm³/mol. The van der Waals surface area contributed by atoms with Crippen LogP contribution in [-0.2, 0) is 20.9 Å². The number of benzene rings is 3. The molecule has 1 aliphatic rings. The summed E-state index contributed by atoms with van der Waals surface area (Å²) in [5.74, 6) is -1.24. The van der Waals surface area contributed by atoms with Crippen molar-refractivity contribution in [3.8, 4) is 11.5 Å². The molecule has 0 atom stereocenters. The molecular weight excluding hydrogens is 488 g/mol. The molecule has 1 N–H and O–H groups in total. The molecule has 9 heteroatoms. The van der Waals surface area contributed by atoms with Gasteiger partial charge in [0, 0.05) is 0 Å². The van der Waals surface area contributed by atoms with Crippen LogP contribution in [0.15, 0.2) is 72.3 Å². The van der Waals surface area contributed by atoms with Crippen molar-refractivity contribution < 1.29 is 33.4 Å². The van der Waals surface area contributed by atoms with Crippen molar-refractivity contribution in [1.29, 1.82) is 0 Å². The highest BCUT2D eigenvalue weighted by atomic mass is 16.5. The Labute approximate surface area is 219 Å². The Hall–Kier alpha value is -4.92. The number of methoxy groups -OCH3 is 1. The lowest BCUT2D eigenvalue weighted by molar-refractivity contribution is -0.122. The van der Waals surface area contributed by atoms with E-state index in [0.717, 1.165) is 16.0 Å².